The fraction of sp³-hybridized carbons (Fsp3) is 0.455. The highest BCUT2D eigenvalue weighted by Crippen LogP contribution is 2.43. The molecule has 0 radical (unpaired) electrons. The summed E-state index contributed by atoms with van der Waals surface area (Å²) in [5.41, 5.74) is 0.632. The van der Waals surface area contributed by atoms with E-state index in [-0.39, 0.29) is 0 Å². The van der Waals surface area contributed by atoms with Gasteiger partial charge in [-0.1, -0.05) is 150 Å². The van der Waals surface area contributed by atoms with Gasteiger partial charge in [0.2, 0.25) is 0 Å². The summed E-state index contributed by atoms with van der Waals surface area (Å²) in [7, 11) is -0.411. The zero-order valence-corrected chi connectivity index (χ0v) is 22.7. The second kappa shape index (κ2) is 17.3. The Morgan fingerprint density at radius 1 is 0.543 bits per heavy atom. The predicted molar refractivity (Wildman–Crippen MR) is 156 cm³/mol. The van der Waals surface area contributed by atoms with E-state index >= 15 is 0 Å². The van der Waals surface area contributed by atoms with Gasteiger partial charge in [0.05, 0.1) is 6.61 Å². The molecule has 3 aromatic carbocycles. The van der Waals surface area contributed by atoms with Crippen LogP contribution in [0, 0.1) is 0 Å². The van der Waals surface area contributed by atoms with Crippen LogP contribution in [0.2, 0.25) is 0 Å². The number of hydrogen-bond donors (Lipinski definition) is 0. The molecule has 0 N–H and O–H groups in total. The summed E-state index contributed by atoms with van der Waals surface area (Å²) in [4.78, 5) is 0. The van der Waals surface area contributed by atoms with Crippen molar-refractivity contribution >= 4 is 18.5 Å². The highest BCUT2D eigenvalue weighted by Gasteiger charge is 2.24. The minimum atomic E-state index is -0.411. The van der Waals surface area contributed by atoms with Gasteiger partial charge < -0.3 is 4.74 Å². The zero-order chi connectivity index (χ0) is 24.4. The molecule has 0 heterocycles. The fourth-order valence-electron chi connectivity index (χ4n) is 4.85. The molecule has 0 aromatic heterocycles. The molecule has 0 aliphatic heterocycles. The van der Waals surface area contributed by atoms with E-state index in [2.05, 4.69) is 91.9 Å². The van der Waals surface area contributed by atoms with E-state index in [1.165, 1.54) is 81.2 Å². The van der Waals surface area contributed by atoms with E-state index in [1.807, 2.05) is 6.07 Å². The van der Waals surface area contributed by atoms with Crippen LogP contribution in [-0.2, 0) is 0 Å². The van der Waals surface area contributed by atoms with E-state index in [4.69, 9.17) is 4.74 Å². The molecule has 0 saturated carbocycles. The van der Waals surface area contributed by atoms with Crippen LogP contribution in [-0.4, -0.2) is 12.3 Å². The average Bonchev–Trinajstić information content (AvgIpc) is 2.91. The Morgan fingerprint density at radius 3 is 1.51 bits per heavy atom. The van der Waals surface area contributed by atoms with E-state index in [0.717, 1.165) is 18.8 Å². The van der Waals surface area contributed by atoms with Crippen molar-refractivity contribution in [1.82, 2.24) is 0 Å². The SMILES string of the molecule is CCCCCCCCCCCCC(CCOc1ccccc1)P(c1ccccc1)c1ccccc1. The Morgan fingerprint density at radius 2 is 1.00 bits per heavy atom. The molecule has 0 saturated heterocycles. The molecule has 1 atom stereocenters. The number of unbranched alkanes of at least 4 members (excludes halogenated alkanes) is 9. The van der Waals surface area contributed by atoms with Gasteiger partial charge >= 0.3 is 0 Å². The van der Waals surface area contributed by atoms with Crippen molar-refractivity contribution in [1.29, 1.82) is 0 Å². The maximum absolute atomic E-state index is 6.17. The van der Waals surface area contributed by atoms with E-state index in [0.29, 0.717) is 5.66 Å². The summed E-state index contributed by atoms with van der Waals surface area (Å²) >= 11 is 0. The van der Waals surface area contributed by atoms with Gasteiger partial charge in [-0.3, -0.25) is 0 Å². The van der Waals surface area contributed by atoms with Crippen molar-refractivity contribution in [3.05, 3.63) is 91.0 Å². The maximum Gasteiger partial charge on any atom is 0.119 e. The van der Waals surface area contributed by atoms with Crippen LogP contribution in [0.3, 0.4) is 0 Å². The van der Waals surface area contributed by atoms with Gasteiger partial charge in [0.15, 0.2) is 0 Å². The van der Waals surface area contributed by atoms with Crippen LogP contribution >= 0.6 is 7.92 Å². The Bertz CT molecular complexity index is 841. The molecule has 3 aromatic rings. The van der Waals surface area contributed by atoms with Crippen LogP contribution in [0.5, 0.6) is 5.75 Å². The number of para-hydroxylation sites is 1. The maximum atomic E-state index is 6.17. The lowest BCUT2D eigenvalue weighted by Crippen LogP contribution is -2.23. The Balaban J connectivity index is 1.58. The zero-order valence-electron chi connectivity index (χ0n) is 21.8. The van der Waals surface area contributed by atoms with Crippen molar-refractivity contribution in [3.8, 4) is 5.75 Å². The van der Waals surface area contributed by atoms with Gasteiger partial charge in [-0.2, -0.15) is 0 Å². The molecule has 1 nitrogen and oxygen atoms in total. The van der Waals surface area contributed by atoms with Gasteiger partial charge in [0, 0.05) is 0 Å². The Hall–Kier alpha value is -2.11. The molecule has 1 unspecified atom stereocenters. The smallest absolute Gasteiger partial charge is 0.119 e. The number of hydrogen-bond acceptors (Lipinski definition) is 1. The van der Waals surface area contributed by atoms with Crippen molar-refractivity contribution in [2.24, 2.45) is 0 Å². The van der Waals surface area contributed by atoms with Crippen LogP contribution in [0.15, 0.2) is 91.0 Å². The standard InChI is InChI=1S/C33H45OP/c1-2-3-4-5-6-7-8-9-10-16-27-33(28-29-34-30-21-14-11-15-22-30)35(31-23-17-12-18-24-31)32-25-19-13-20-26-32/h11-15,17-26,33H,2-10,16,27-29H2,1H3. The third kappa shape index (κ3) is 10.6. The molecule has 3 rings (SSSR count). The normalized spacial score (nSPS) is 12.1. The number of ether oxygens (including phenoxy) is 1. The number of benzene rings is 3. The lowest BCUT2D eigenvalue weighted by Gasteiger charge is -2.29. The first-order valence-electron chi connectivity index (χ1n) is 14.0. The minimum Gasteiger partial charge on any atom is -0.494 e. The molecular formula is C33H45OP. The van der Waals surface area contributed by atoms with E-state index < -0.39 is 7.92 Å². The molecule has 35 heavy (non-hydrogen) atoms. The second-order valence-electron chi connectivity index (χ2n) is 9.62. The summed E-state index contributed by atoms with van der Waals surface area (Å²) in [6, 6.07) is 32.7. The molecule has 0 spiro atoms. The van der Waals surface area contributed by atoms with Gasteiger partial charge in [-0.05, 0) is 49.2 Å². The summed E-state index contributed by atoms with van der Waals surface area (Å²) in [5.74, 6) is 0.980. The summed E-state index contributed by atoms with van der Waals surface area (Å²) in [6.07, 6.45) is 16.3. The van der Waals surface area contributed by atoms with Crippen molar-refractivity contribution < 1.29 is 4.74 Å². The van der Waals surface area contributed by atoms with Crippen LogP contribution < -0.4 is 15.3 Å². The summed E-state index contributed by atoms with van der Waals surface area (Å²) in [6.45, 7) is 3.08. The van der Waals surface area contributed by atoms with Crippen molar-refractivity contribution in [2.75, 3.05) is 6.61 Å². The first-order valence-corrected chi connectivity index (χ1v) is 15.4. The fourth-order valence-corrected chi connectivity index (χ4v) is 7.78. The van der Waals surface area contributed by atoms with Crippen LogP contribution in [0.25, 0.3) is 0 Å². The molecule has 0 fully saturated rings. The van der Waals surface area contributed by atoms with Crippen molar-refractivity contribution in [3.63, 3.8) is 0 Å². The lowest BCUT2D eigenvalue weighted by molar-refractivity contribution is 0.306. The summed E-state index contributed by atoms with van der Waals surface area (Å²) in [5, 5.41) is 2.98. The Kier molecular flexibility index (Phi) is 13.6. The van der Waals surface area contributed by atoms with Gasteiger partial charge in [0.25, 0.3) is 0 Å². The minimum absolute atomic E-state index is 0.411. The van der Waals surface area contributed by atoms with Gasteiger partial charge in [-0.25, -0.2) is 0 Å². The van der Waals surface area contributed by atoms with Crippen LogP contribution in [0.1, 0.15) is 84.0 Å². The van der Waals surface area contributed by atoms with E-state index in [1.54, 1.807) is 0 Å². The third-order valence-electron chi connectivity index (χ3n) is 6.79. The lowest BCUT2D eigenvalue weighted by atomic mass is 10.0. The predicted octanol–water partition coefficient (Wildman–Crippen LogP) is 9.27. The van der Waals surface area contributed by atoms with Crippen molar-refractivity contribution in [2.45, 2.75) is 89.6 Å². The van der Waals surface area contributed by atoms with Gasteiger partial charge in [0.1, 0.15) is 5.75 Å². The molecule has 0 aliphatic carbocycles. The second-order valence-corrected chi connectivity index (χ2v) is 12.1. The van der Waals surface area contributed by atoms with Gasteiger partial charge in [-0.15, -0.1) is 0 Å². The molecule has 0 aliphatic rings. The highest BCUT2D eigenvalue weighted by atomic mass is 31.1. The third-order valence-corrected chi connectivity index (χ3v) is 9.74. The summed E-state index contributed by atoms with van der Waals surface area (Å²) < 4.78 is 6.17. The monoisotopic (exact) mass is 488 g/mol. The molecule has 0 amide bonds. The number of rotatable bonds is 18. The molecule has 2 heteroatoms. The highest BCUT2D eigenvalue weighted by molar-refractivity contribution is 7.73. The quantitative estimate of drug-likeness (QED) is 0.128. The first-order chi connectivity index (χ1) is 17.4. The van der Waals surface area contributed by atoms with E-state index in [9.17, 15) is 0 Å². The topological polar surface area (TPSA) is 9.23 Å². The largest absolute Gasteiger partial charge is 0.494 e. The molecule has 188 valence electrons. The average molecular weight is 489 g/mol. The molecule has 0 bridgehead atoms. The first kappa shape index (κ1) is 27.5. The van der Waals surface area contributed by atoms with Crippen LogP contribution in [0.4, 0.5) is 0 Å². The molecular weight excluding hydrogens is 443 g/mol. The Labute approximate surface area is 216 Å².